The van der Waals surface area contributed by atoms with Crippen molar-refractivity contribution in [2.75, 3.05) is 13.2 Å². The number of carbonyl (C=O) groups excluding carboxylic acids is 2. The molecule has 20 heavy (non-hydrogen) atoms. The summed E-state index contributed by atoms with van der Waals surface area (Å²) in [6.45, 7) is 2.56. The molecule has 0 aromatic carbocycles. The molecule has 0 saturated carbocycles. The van der Waals surface area contributed by atoms with Crippen LogP contribution in [0.3, 0.4) is 0 Å². The molecule has 6 heteroatoms. The van der Waals surface area contributed by atoms with Crippen molar-refractivity contribution in [1.82, 2.24) is 9.88 Å². The number of aromatic nitrogens is 1. The maximum atomic E-state index is 12.0. The van der Waals surface area contributed by atoms with E-state index in [1.54, 1.807) is 17.2 Å². The molecule has 1 aliphatic rings. The van der Waals surface area contributed by atoms with E-state index in [1.165, 1.54) is 6.20 Å². The van der Waals surface area contributed by atoms with Crippen molar-refractivity contribution in [2.45, 2.75) is 32.2 Å². The van der Waals surface area contributed by atoms with Gasteiger partial charge in [0.1, 0.15) is 0 Å². The second-order valence-electron chi connectivity index (χ2n) is 4.90. The van der Waals surface area contributed by atoms with Crippen molar-refractivity contribution in [1.29, 1.82) is 0 Å². The van der Waals surface area contributed by atoms with Crippen molar-refractivity contribution in [3.05, 3.63) is 28.5 Å². The molecule has 1 fully saturated rings. The van der Waals surface area contributed by atoms with Crippen LogP contribution >= 0.6 is 15.9 Å². The highest BCUT2D eigenvalue weighted by molar-refractivity contribution is 9.10. The first-order valence-corrected chi connectivity index (χ1v) is 7.44. The van der Waals surface area contributed by atoms with Crippen LogP contribution in [0.5, 0.6) is 0 Å². The molecule has 1 amide bonds. The third-order valence-corrected chi connectivity index (χ3v) is 3.82. The minimum absolute atomic E-state index is 0.131. The van der Waals surface area contributed by atoms with Gasteiger partial charge in [0.2, 0.25) is 0 Å². The monoisotopic (exact) mass is 340 g/mol. The highest BCUT2D eigenvalue weighted by Crippen LogP contribution is 2.16. The SMILES string of the molecule is C[C@H]1CCCCN1C(=O)COC(=O)c1cncc(Br)c1. The van der Waals surface area contributed by atoms with E-state index in [0.717, 1.165) is 25.8 Å². The summed E-state index contributed by atoms with van der Waals surface area (Å²) >= 11 is 3.24. The first-order valence-electron chi connectivity index (χ1n) is 6.65. The molecule has 0 bridgehead atoms. The van der Waals surface area contributed by atoms with Gasteiger partial charge in [0.15, 0.2) is 6.61 Å². The van der Waals surface area contributed by atoms with Gasteiger partial charge in [-0.15, -0.1) is 0 Å². The lowest BCUT2D eigenvalue weighted by atomic mass is 10.0. The lowest BCUT2D eigenvalue weighted by molar-refractivity contribution is -0.137. The minimum atomic E-state index is -0.531. The van der Waals surface area contributed by atoms with Crippen molar-refractivity contribution in [2.24, 2.45) is 0 Å². The Bertz CT molecular complexity index is 507. The quantitative estimate of drug-likeness (QED) is 0.792. The molecule has 2 heterocycles. The lowest BCUT2D eigenvalue weighted by Crippen LogP contribution is -2.44. The van der Waals surface area contributed by atoms with Crippen molar-refractivity contribution in [3.63, 3.8) is 0 Å². The van der Waals surface area contributed by atoms with E-state index in [-0.39, 0.29) is 18.6 Å². The molecule has 0 spiro atoms. The average Bonchev–Trinajstić information content (AvgIpc) is 2.45. The molecule has 0 N–H and O–H groups in total. The van der Waals surface area contributed by atoms with E-state index in [9.17, 15) is 9.59 Å². The van der Waals surface area contributed by atoms with E-state index in [0.29, 0.717) is 10.0 Å². The fourth-order valence-corrected chi connectivity index (χ4v) is 2.65. The van der Waals surface area contributed by atoms with Crippen LogP contribution in [0.2, 0.25) is 0 Å². The number of halogens is 1. The van der Waals surface area contributed by atoms with Crippen molar-refractivity contribution < 1.29 is 14.3 Å². The first-order chi connectivity index (χ1) is 9.58. The van der Waals surface area contributed by atoms with Gasteiger partial charge in [-0.25, -0.2) is 4.79 Å². The number of likely N-dealkylation sites (tertiary alicyclic amines) is 1. The summed E-state index contributed by atoms with van der Waals surface area (Å²) in [6.07, 6.45) is 6.17. The number of esters is 1. The van der Waals surface area contributed by atoms with Gasteiger partial charge in [0, 0.05) is 29.5 Å². The summed E-state index contributed by atoms with van der Waals surface area (Å²) in [5.74, 6) is -0.662. The number of pyridine rings is 1. The molecule has 1 aliphatic heterocycles. The van der Waals surface area contributed by atoms with Crippen molar-refractivity contribution in [3.8, 4) is 0 Å². The van der Waals surface area contributed by atoms with Crippen LogP contribution in [-0.4, -0.2) is 41.0 Å². The van der Waals surface area contributed by atoms with E-state index < -0.39 is 5.97 Å². The molecule has 1 aromatic rings. The van der Waals surface area contributed by atoms with Gasteiger partial charge in [0.25, 0.3) is 5.91 Å². The smallest absolute Gasteiger partial charge is 0.340 e. The summed E-state index contributed by atoms with van der Waals surface area (Å²) in [7, 11) is 0. The molecule has 1 saturated heterocycles. The number of ether oxygens (including phenoxy) is 1. The topological polar surface area (TPSA) is 59.5 Å². The zero-order valence-corrected chi connectivity index (χ0v) is 12.9. The van der Waals surface area contributed by atoms with Crippen LogP contribution < -0.4 is 0 Å². The van der Waals surface area contributed by atoms with Gasteiger partial charge in [-0.2, -0.15) is 0 Å². The van der Waals surface area contributed by atoms with E-state index >= 15 is 0 Å². The Morgan fingerprint density at radius 2 is 2.25 bits per heavy atom. The molecular weight excluding hydrogens is 324 g/mol. The molecule has 0 aliphatic carbocycles. The summed E-state index contributed by atoms with van der Waals surface area (Å²) < 4.78 is 5.75. The standard InChI is InChI=1S/C14H17BrN2O3/c1-10-4-2-3-5-17(10)13(18)9-20-14(19)11-6-12(15)8-16-7-11/h6-8,10H,2-5,9H2,1H3/t10-/m0/s1. The largest absolute Gasteiger partial charge is 0.452 e. The Morgan fingerprint density at radius 3 is 2.95 bits per heavy atom. The van der Waals surface area contributed by atoms with Gasteiger partial charge >= 0.3 is 5.97 Å². The van der Waals surface area contributed by atoms with Crippen LogP contribution in [0.1, 0.15) is 36.5 Å². The maximum Gasteiger partial charge on any atom is 0.340 e. The number of hydrogen-bond donors (Lipinski definition) is 0. The average molecular weight is 341 g/mol. The highest BCUT2D eigenvalue weighted by Gasteiger charge is 2.24. The van der Waals surface area contributed by atoms with Gasteiger partial charge < -0.3 is 9.64 Å². The fourth-order valence-electron chi connectivity index (χ4n) is 2.29. The maximum absolute atomic E-state index is 12.0. The summed E-state index contributed by atoms with van der Waals surface area (Å²) in [5.41, 5.74) is 0.332. The summed E-state index contributed by atoms with van der Waals surface area (Å²) in [5, 5.41) is 0. The molecule has 108 valence electrons. The molecular formula is C14H17BrN2O3. The molecule has 1 aromatic heterocycles. The van der Waals surface area contributed by atoms with Crippen LogP contribution in [0.4, 0.5) is 0 Å². The Balaban J connectivity index is 1.88. The zero-order valence-electron chi connectivity index (χ0n) is 11.3. The third-order valence-electron chi connectivity index (χ3n) is 3.39. The Hall–Kier alpha value is -1.43. The second kappa shape index (κ2) is 6.83. The van der Waals surface area contributed by atoms with E-state index in [1.807, 2.05) is 6.92 Å². The molecule has 0 unspecified atom stereocenters. The predicted molar refractivity (Wildman–Crippen MR) is 77.2 cm³/mol. The lowest BCUT2D eigenvalue weighted by Gasteiger charge is -2.33. The third kappa shape index (κ3) is 3.79. The molecule has 2 rings (SSSR count). The Kier molecular flexibility index (Phi) is 5.11. The number of piperidine rings is 1. The minimum Gasteiger partial charge on any atom is -0.452 e. The summed E-state index contributed by atoms with van der Waals surface area (Å²) in [4.78, 5) is 29.5. The predicted octanol–water partition coefficient (Wildman–Crippen LogP) is 2.40. The highest BCUT2D eigenvalue weighted by atomic mass is 79.9. The van der Waals surface area contributed by atoms with Gasteiger partial charge in [-0.1, -0.05) is 0 Å². The number of hydrogen-bond acceptors (Lipinski definition) is 4. The van der Waals surface area contributed by atoms with Gasteiger partial charge in [0.05, 0.1) is 5.56 Å². The second-order valence-corrected chi connectivity index (χ2v) is 5.82. The fraction of sp³-hybridized carbons (Fsp3) is 0.500. The Morgan fingerprint density at radius 1 is 1.45 bits per heavy atom. The number of amides is 1. The van der Waals surface area contributed by atoms with Crippen LogP contribution in [0, 0.1) is 0 Å². The van der Waals surface area contributed by atoms with E-state index in [4.69, 9.17) is 4.74 Å². The normalized spacial score (nSPS) is 18.7. The molecule has 0 radical (unpaired) electrons. The van der Waals surface area contributed by atoms with Crippen LogP contribution in [-0.2, 0) is 9.53 Å². The number of nitrogens with zero attached hydrogens (tertiary/aromatic N) is 2. The first kappa shape index (κ1) is 15.0. The van der Waals surface area contributed by atoms with Crippen molar-refractivity contribution >= 4 is 27.8 Å². The summed E-state index contributed by atoms with van der Waals surface area (Å²) in [6, 6.07) is 1.84. The van der Waals surface area contributed by atoms with E-state index in [2.05, 4.69) is 20.9 Å². The Labute approximate surface area is 126 Å². The zero-order chi connectivity index (χ0) is 14.5. The van der Waals surface area contributed by atoms with Gasteiger partial charge in [-0.05, 0) is 48.2 Å². The molecule has 1 atom stereocenters. The van der Waals surface area contributed by atoms with Crippen LogP contribution in [0.15, 0.2) is 22.9 Å². The van der Waals surface area contributed by atoms with Gasteiger partial charge in [-0.3, -0.25) is 9.78 Å². The molecule has 5 nitrogen and oxygen atoms in total. The number of rotatable bonds is 3. The number of carbonyl (C=O) groups is 2. The van der Waals surface area contributed by atoms with Crippen LogP contribution in [0.25, 0.3) is 0 Å².